The molecule has 0 spiro atoms. The minimum absolute atomic E-state index is 0.140. The van der Waals surface area contributed by atoms with Crippen molar-refractivity contribution in [1.29, 1.82) is 0 Å². The molecule has 176 valence electrons. The van der Waals surface area contributed by atoms with Crippen molar-refractivity contribution in [2.24, 2.45) is 17.3 Å². The molecule has 8 heteroatoms. The summed E-state index contributed by atoms with van der Waals surface area (Å²) in [5.74, 6) is 0.312. The van der Waals surface area contributed by atoms with E-state index in [1.807, 2.05) is 6.07 Å². The van der Waals surface area contributed by atoms with Crippen LogP contribution in [-0.4, -0.2) is 68.3 Å². The van der Waals surface area contributed by atoms with Gasteiger partial charge in [0.1, 0.15) is 24.1 Å². The summed E-state index contributed by atoms with van der Waals surface area (Å²) >= 11 is 0. The number of aliphatic hydroxyl groups excluding tert-OH is 3. The van der Waals surface area contributed by atoms with Gasteiger partial charge in [-0.2, -0.15) is 0 Å². The molecule has 0 unspecified atom stereocenters. The van der Waals surface area contributed by atoms with E-state index in [4.69, 9.17) is 9.47 Å². The van der Waals surface area contributed by atoms with Crippen LogP contribution in [0.15, 0.2) is 18.2 Å². The Labute approximate surface area is 186 Å². The zero-order valence-electron chi connectivity index (χ0n) is 18.1. The van der Waals surface area contributed by atoms with Crippen LogP contribution in [-0.2, 0) is 20.7 Å². The summed E-state index contributed by atoms with van der Waals surface area (Å²) in [6.45, 7) is 2.22. The zero-order valence-corrected chi connectivity index (χ0v) is 18.1. The Morgan fingerprint density at radius 2 is 1.88 bits per heavy atom. The molecular weight excluding hydrogens is 416 g/mol. The van der Waals surface area contributed by atoms with Gasteiger partial charge in [-0.15, -0.1) is 0 Å². The van der Waals surface area contributed by atoms with Gasteiger partial charge < -0.3 is 35.0 Å². The third-order valence-corrected chi connectivity index (χ3v) is 8.73. The molecule has 1 heterocycles. The summed E-state index contributed by atoms with van der Waals surface area (Å²) in [5, 5.41) is 49.6. The number of aliphatic carboxylic acids is 1. The van der Waals surface area contributed by atoms with Gasteiger partial charge in [0, 0.05) is 0 Å². The van der Waals surface area contributed by atoms with Crippen molar-refractivity contribution in [3.05, 3.63) is 29.3 Å². The van der Waals surface area contributed by atoms with E-state index in [0.717, 1.165) is 38.5 Å². The Morgan fingerprint density at radius 3 is 2.62 bits per heavy atom. The van der Waals surface area contributed by atoms with Crippen molar-refractivity contribution >= 4 is 5.97 Å². The quantitative estimate of drug-likeness (QED) is 0.470. The number of hydrogen-bond acceptors (Lipinski definition) is 7. The molecule has 8 nitrogen and oxygen atoms in total. The van der Waals surface area contributed by atoms with Crippen molar-refractivity contribution in [3.63, 3.8) is 0 Å². The van der Waals surface area contributed by atoms with Crippen molar-refractivity contribution in [1.82, 2.24) is 0 Å². The molecule has 3 aliphatic carbocycles. The fourth-order valence-electron chi connectivity index (χ4n) is 7.07. The summed E-state index contributed by atoms with van der Waals surface area (Å²) in [4.78, 5) is 11.4. The second kappa shape index (κ2) is 7.95. The van der Waals surface area contributed by atoms with E-state index in [-0.39, 0.29) is 11.5 Å². The maximum Gasteiger partial charge on any atom is 0.335 e. The second-order valence-electron chi connectivity index (χ2n) is 10.3. The molecule has 1 aromatic carbocycles. The van der Waals surface area contributed by atoms with E-state index in [2.05, 4.69) is 13.0 Å². The number of carboxylic acids is 1. The molecule has 32 heavy (non-hydrogen) atoms. The lowest BCUT2D eigenvalue weighted by molar-refractivity contribution is -0.312. The Bertz CT molecular complexity index is 889. The summed E-state index contributed by atoms with van der Waals surface area (Å²) in [6, 6.07) is 5.73. The first-order valence-corrected chi connectivity index (χ1v) is 11.6. The van der Waals surface area contributed by atoms with Crippen LogP contribution in [0.3, 0.4) is 0 Å². The van der Waals surface area contributed by atoms with Gasteiger partial charge in [-0.3, -0.25) is 0 Å². The highest BCUT2D eigenvalue weighted by Crippen LogP contribution is 2.61. The molecule has 2 saturated carbocycles. The first kappa shape index (κ1) is 22.1. The molecule has 4 aliphatic rings. The van der Waals surface area contributed by atoms with Crippen LogP contribution in [0.25, 0.3) is 0 Å². The SMILES string of the molecule is C[C@]12CC[C@@H]3c4ccc(O)cc4CC[C@H]3[C@H]1CC[C@@H]2O[C@@H]1O[C@H](C(=O)O)[C@@H](O)[C@H](O)[C@H]1O. The van der Waals surface area contributed by atoms with E-state index >= 15 is 0 Å². The molecule has 1 aromatic rings. The molecule has 5 rings (SSSR count). The van der Waals surface area contributed by atoms with Crippen LogP contribution in [0.4, 0.5) is 0 Å². The standard InChI is InChI=1S/C24H32O8/c1-24-9-8-14-13-5-3-12(25)10-11(13)2-4-15(14)16(24)6-7-17(24)31-23-20(28)18(26)19(27)21(32-23)22(29)30/h3,5,10,14-21,23,25-28H,2,4,6-9H2,1H3,(H,29,30)/t14-,15-,16-,17+,18+,19+,20-,21+,23-,24+/m1/s1. The Hall–Kier alpha value is -1.71. The summed E-state index contributed by atoms with van der Waals surface area (Å²) in [6.07, 6.45) is -2.38. The van der Waals surface area contributed by atoms with Crippen LogP contribution >= 0.6 is 0 Å². The molecular formula is C24H32O8. The molecule has 1 saturated heterocycles. The van der Waals surface area contributed by atoms with Gasteiger partial charge in [0.25, 0.3) is 0 Å². The zero-order chi connectivity index (χ0) is 22.8. The summed E-state index contributed by atoms with van der Waals surface area (Å²) in [5.41, 5.74) is 2.45. The third-order valence-electron chi connectivity index (χ3n) is 8.73. The Morgan fingerprint density at radius 1 is 1.09 bits per heavy atom. The molecule has 1 aliphatic heterocycles. The highest BCUT2D eigenvalue weighted by atomic mass is 16.7. The van der Waals surface area contributed by atoms with Gasteiger partial charge >= 0.3 is 5.97 Å². The first-order valence-electron chi connectivity index (χ1n) is 11.6. The third kappa shape index (κ3) is 3.35. The molecule has 0 radical (unpaired) electrons. The average molecular weight is 449 g/mol. The van der Waals surface area contributed by atoms with Crippen LogP contribution in [0.1, 0.15) is 56.1 Å². The van der Waals surface area contributed by atoms with Gasteiger partial charge in [-0.05, 0) is 85.0 Å². The monoisotopic (exact) mass is 448 g/mol. The molecule has 3 fully saturated rings. The molecule has 0 amide bonds. The molecule has 0 bridgehead atoms. The van der Waals surface area contributed by atoms with E-state index in [1.54, 1.807) is 6.07 Å². The van der Waals surface area contributed by atoms with Gasteiger partial charge in [-0.1, -0.05) is 13.0 Å². The minimum Gasteiger partial charge on any atom is -0.508 e. The molecule has 0 aromatic heterocycles. The predicted molar refractivity (Wildman–Crippen MR) is 112 cm³/mol. The highest BCUT2D eigenvalue weighted by molar-refractivity contribution is 5.73. The van der Waals surface area contributed by atoms with Crippen LogP contribution in [0.2, 0.25) is 0 Å². The minimum atomic E-state index is -1.72. The lowest BCUT2D eigenvalue weighted by atomic mass is 9.55. The number of carbonyl (C=O) groups is 1. The van der Waals surface area contributed by atoms with Crippen molar-refractivity contribution in [2.75, 3.05) is 0 Å². The van der Waals surface area contributed by atoms with Crippen molar-refractivity contribution in [3.8, 4) is 5.75 Å². The number of carboxylic acid groups (broad SMARTS) is 1. The maximum absolute atomic E-state index is 11.4. The number of phenolic OH excluding ortho intramolecular Hbond substituents is 1. The van der Waals surface area contributed by atoms with Crippen LogP contribution in [0, 0.1) is 17.3 Å². The van der Waals surface area contributed by atoms with Gasteiger partial charge in [0.2, 0.25) is 0 Å². The lowest BCUT2D eigenvalue weighted by Gasteiger charge is -2.51. The number of aromatic hydroxyl groups is 1. The Balaban J connectivity index is 1.34. The fraction of sp³-hybridized carbons (Fsp3) is 0.708. The van der Waals surface area contributed by atoms with Gasteiger partial charge in [0.05, 0.1) is 6.10 Å². The second-order valence-corrected chi connectivity index (χ2v) is 10.3. The van der Waals surface area contributed by atoms with Crippen LogP contribution < -0.4 is 0 Å². The lowest BCUT2D eigenvalue weighted by Crippen LogP contribution is -2.61. The van der Waals surface area contributed by atoms with E-state index in [1.165, 1.54) is 11.1 Å². The van der Waals surface area contributed by atoms with Crippen molar-refractivity contribution < 1.29 is 39.8 Å². The van der Waals surface area contributed by atoms with E-state index < -0.39 is 36.7 Å². The van der Waals surface area contributed by atoms with Crippen LogP contribution in [0.5, 0.6) is 5.75 Å². The number of hydrogen-bond donors (Lipinski definition) is 5. The van der Waals surface area contributed by atoms with E-state index in [0.29, 0.717) is 23.5 Å². The number of fused-ring (bicyclic) bond motifs is 5. The predicted octanol–water partition coefficient (Wildman–Crippen LogP) is 1.53. The maximum atomic E-state index is 11.4. The molecule has 10 atom stereocenters. The smallest absolute Gasteiger partial charge is 0.335 e. The average Bonchev–Trinajstić information content (AvgIpc) is 3.09. The molecule has 5 N–H and O–H groups in total. The van der Waals surface area contributed by atoms with Gasteiger partial charge in [-0.25, -0.2) is 4.79 Å². The number of ether oxygens (including phenoxy) is 2. The normalized spacial score (nSPS) is 45.6. The number of benzene rings is 1. The first-order chi connectivity index (χ1) is 15.2. The number of aryl methyl sites for hydroxylation is 1. The number of rotatable bonds is 3. The topological polar surface area (TPSA) is 137 Å². The van der Waals surface area contributed by atoms with E-state index in [9.17, 15) is 30.3 Å². The highest BCUT2D eigenvalue weighted by Gasteiger charge is 2.57. The Kier molecular flexibility index (Phi) is 5.49. The number of phenols is 1. The van der Waals surface area contributed by atoms with Crippen molar-refractivity contribution in [2.45, 2.75) is 88.2 Å². The largest absolute Gasteiger partial charge is 0.508 e. The number of aliphatic hydroxyl groups is 3. The summed E-state index contributed by atoms with van der Waals surface area (Å²) in [7, 11) is 0. The summed E-state index contributed by atoms with van der Waals surface area (Å²) < 4.78 is 11.5. The fourth-order valence-corrected chi connectivity index (χ4v) is 7.07. The van der Waals surface area contributed by atoms with Gasteiger partial charge in [0.15, 0.2) is 12.4 Å².